The lowest BCUT2D eigenvalue weighted by atomic mass is 9.65. The van der Waals surface area contributed by atoms with Crippen LogP contribution in [0.2, 0.25) is 0 Å². The number of rotatable bonds is 8. The highest BCUT2D eigenvalue weighted by molar-refractivity contribution is 7.48. The normalized spacial score (nSPS) is 21.6. The molecule has 3 aliphatic carbocycles. The van der Waals surface area contributed by atoms with Gasteiger partial charge >= 0.3 is 7.82 Å². The van der Waals surface area contributed by atoms with Gasteiger partial charge in [-0.3, -0.25) is 9.05 Å². The van der Waals surface area contributed by atoms with E-state index in [1.54, 1.807) is 0 Å². The number of aryl methyl sites for hydroxylation is 1. The van der Waals surface area contributed by atoms with Gasteiger partial charge in [0.2, 0.25) is 0 Å². The van der Waals surface area contributed by atoms with Crippen LogP contribution in [0.1, 0.15) is 85.6 Å². The first-order valence-corrected chi connectivity index (χ1v) is 14.9. The van der Waals surface area contributed by atoms with E-state index < -0.39 is 7.82 Å². The monoisotopic (exact) mass is 518 g/mol. The van der Waals surface area contributed by atoms with Gasteiger partial charge in [-0.05, 0) is 87.0 Å². The van der Waals surface area contributed by atoms with Crippen LogP contribution in [0.15, 0.2) is 66.7 Å². The van der Waals surface area contributed by atoms with Gasteiger partial charge in [0.05, 0.1) is 13.2 Å². The maximum absolute atomic E-state index is 14.2. The second-order valence-electron chi connectivity index (χ2n) is 11.2. The van der Waals surface area contributed by atoms with Gasteiger partial charge in [-0.2, -0.15) is 0 Å². The molecule has 0 aromatic heterocycles. The summed E-state index contributed by atoms with van der Waals surface area (Å²) in [4.78, 5) is 0. The molecule has 37 heavy (non-hydrogen) atoms. The second kappa shape index (κ2) is 9.94. The zero-order chi connectivity index (χ0) is 25.5. The van der Waals surface area contributed by atoms with Gasteiger partial charge in [0.15, 0.2) is 0 Å². The van der Waals surface area contributed by atoms with E-state index in [1.165, 1.54) is 18.4 Å². The van der Waals surface area contributed by atoms with E-state index in [2.05, 4.69) is 19.9 Å². The van der Waals surface area contributed by atoms with E-state index in [4.69, 9.17) is 18.3 Å². The van der Waals surface area contributed by atoms with E-state index in [0.29, 0.717) is 17.6 Å². The summed E-state index contributed by atoms with van der Waals surface area (Å²) in [5.41, 5.74) is 5.21. The fraction of sp³-hybridized carbons (Fsp3) is 0.419. The molecule has 0 atom stereocenters. The lowest BCUT2D eigenvalue weighted by Gasteiger charge is -2.43. The van der Waals surface area contributed by atoms with Crippen molar-refractivity contribution >= 4 is 7.82 Å². The highest BCUT2D eigenvalue weighted by atomic mass is 31.2. The number of benzene rings is 3. The first-order chi connectivity index (χ1) is 17.9. The minimum atomic E-state index is -3.94. The Balaban J connectivity index is 1.36. The van der Waals surface area contributed by atoms with Crippen molar-refractivity contribution in [2.24, 2.45) is 0 Å². The van der Waals surface area contributed by atoms with Crippen molar-refractivity contribution in [1.82, 2.24) is 0 Å². The number of hydrogen-bond donors (Lipinski definition) is 0. The average molecular weight is 519 g/mol. The van der Waals surface area contributed by atoms with Crippen molar-refractivity contribution in [2.75, 3.05) is 0 Å². The van der Waals surface area contributed by atoms with Crippen molar-refractivity contribution in [3.05, 3.63) is 94.5 Å². The second-order valence-corrected chi connectivity index (χ2v) is 12.8. The van der Waals surface area contributed by atoms with Crippen LogP contribution in [0, 0.1) is 0 Å². The van der Waals surface area contributed by atoms with Gasteiger partial charge in [-0.25, -0.2) is 4.57 Å². The molecule has 0 N–H and O–H groups in total. The quantitative estimate of drug-likeness (QED) is 0.280. The molecule has 2 bridgehead atoms. The molecule has 1 fully saturated rings. The van der Waals surface area contributed by atoms with Gasteiger partial charge in [-0.1, -0.05) is 60.7 Å². The van der Waals surface area contributed by atoms with Crippen molar-refractivity contribution < 1.29 is 22.9 Å². The van der Waals surface area contributed by atoms with Gasteiger partial charge in [0.25, 0.3) is 0 Å². The number of fused-ring (bicyclic) bond motifs is 3. The summed E-state index contributed by atoms with van der Waals surface area (Å²) in [5.74, 6) is 2.53. The minimum Gasteiger partial charge on any atom is -0.487 e. The van der Waals surface area contributed by atoms with Crippen LogP contribution in [-0.4, -0.2) is 5.60 Å². The summed E-state index contributed by atoms with van der Waals surface area (Å²) in [6.07, 6.45) is 6.42. The number of phosphoric acid groups is 1. The van der Waals surface area contributed by atoms with Crippen LogP contribution < -0.4 is 9.26 Å². The first kappa shape index (κ1) is 24.7. The topological polar surface area (TPSA) is 54.0 Å². The summed E-state index contributed by atoms with van der Waals surface area (Å²) in [7, 11) is -3.94. The molecule has 4 aliphatic rings. The molecule has 1 saturated carbocycles. The van der Waals surface area contributed by atoms with Gasteiger partial charge in [-0.15, -0.1) is 0 Å². The predicted molar refractivity (Wildman–Crippen MR) is 144 cm³/mol. The fourth-order valence-electron chi connectivity index (χ4n) is 6.04. The number of ether oxygens (including phenoxy) is 1. The zero-order valence-electron chi connectivity index (χ0n) is 21.7. The van der Waals surface area contributed by atoms with Gasteiger partial charge < -0.3 is 9.26 Å². The Labute approximate surface area is 219 Å². The van der Waals surface area contributed by atoms with Gasteiger partial charge in [0.1, 0.15) is 17.1 Å². The molecule has 0 unspecified atom stereocenters. The van der Waals surface area contributed by atoms with Crippen molar-refractivity contribution in [2.45, 2.75) is 83.0 Å². The molecule has 0 radical (unpaired) electrons. The van der Waals surface area contributed by atoms with Crippen LogP contribution in [-0.2, 0) is 33.2 Å². The molecule has 0 spiro atoms. The van der Waals surface area contributed by atoms with Gasteiger partial charge in [0, 0.05) is 11.1 Å². The third-order valence-corrected chi connectivity index (χ3v) is 9.30. The Morgan fingerprint density at radius 1 is 0.838 bits per heavy atom. The molecular formula is C31H35O5P. The predicted octanol–water partition coefficient (Wildman–Crippen LogP) is 8.47. The molecular weight excluding hydrogens is 483 g/mol. The lowest BCUT2D eigenvalue weighted by Crippen LogP contribution is -2.35. The van der Waals surface area contributed by atoms with Crippen LogP contribution in [0.5, 0.6) is 11.5 Å². The summed E-state index contributed by atoms with van der Waals surface area (Å²) >= 11 is 0. The molecule has 7 rings (SSSR count). The Kier molecular flexibility index (Phi) is 6.65. The van der Waals surface area contributed by atoms with E-state index in [-0.39, 0.29) is 18.8 Å². The maximum Gasteiger partial charge on any atom is 0.530 e. The van der Waals surface area contributed by atoms with Crippen LogP contribution >= 0.6 is 7.82 Å². The Bertz CT molecular complexity index is 1250. The highest BCUT2D eigenvalue weighted by Crippen LogP contribution is 2.60. The summed E-state index contributed by atoms with van der Waals surface area (Å²) in [6, 6.07) is 21.5. The third kappa shape index (κ3) is 5.23. The molecule has 194 valence electrons. The molecule has 0 amide bonds. The Morgan fingerprint density at radius 3 is 1.95 bits per heavy atom. The van der Waals surface area contributed by atoms with Crippen molar-refractivity contribution in [3.63, 3.8) is 0 Å². The average Bonchev–Trinajstić information content (AvgIpc) is 2.93. The number of phosphoric ester groups is 1. The summed E-state index contributed by atoms with van der Waals surface area (Å²) in [6.45, 7) is 4.61. The maximum atomic E-state index is 14.2. The van der Waals surface area contributed by atoms with E-state index in [0.717, 1.165) is 53.7 Å². The Morgan fingerprint density at radius 2 is 1.38 bits per heavy atom. The molecule has 0 saturated heterocycles. The first-order valence-electron chi connectivity index (χ1n) is 13.4. The zero-order valence-corrected chi connectivity index (χ0v) is 22.5. The van der Waals surface area contributed by atoms with E-state index >= 15 is 0 Å². The van der Waals surface area contributed by atoms with Crippen LogP contribution in [0.25, 0.3) is 0 Å². The standard InChI is InChI=1S/C31H35O5P/c1-31(2)18-17-26-19-27(28-24-13-15-25(16-14-24)29(28)30(26)35-31)36-37(32,33-20-22-9-5-3-6-10-22)34-21-23-11-7-4-8-12-23/h3-12,19,24-25H,13-18,20-21H2,1-2H3. The van der Waals surface area contributed by atoms with Crippen LogP contribution in [0.3, 0.4) is 0 Å². The highest BCUT2D eigenvalue weighted by Gasteiger charge is 2.43. The molecule has 3 aromatic rings. The van der Waals surface area contributed by atoms with E-state index in [9.17, 15) is 4.57 Å². The third-order valence-electron chi connectivity index (χ3n) is 7.99. The SMILES string of the molecule is CC1(C)CCc2cc(OP(=O)(OCc3ccccc3)OCc3ccccc3)c3c(c2O1)C1CCC3CC1. The van der Waals surface area contributed by atoms with Crippen molar-refractivity contribution in [3.8, 4) is 11.5 Å². The summed E-state index contributed by atoms with van der Waals surface area (Å²) in [5, 5.41) is 0. The largest absolute Gasteiger partial charge is 0.530 e. The Hall–Kier alpha value is -2.59. The smallest absolute Gasteiger partial charge is 0.487 e. The van der Waals surface area contributed by atoms with Crippen molar-refractivity contribution in [1.29, 1.82) is 0 Å². The fourth-order valence-corrected chi connectivity index (χ4v) is 7.22. The van der Waals surface area contributed by atoms with E-state index in [1.807, 2.05) is 60.7 Å². The lowest BCUT2D eigenvalue weighted by molar-refractivity contribution is 0.0806. The molecule has 5 nitrogen and oxygen atoms in total. The van der Waals surface area contributed by atoms with Crippen LogP contribution in [0.4, 0.5) is 0 Å². The molecule has 6 heteroatoms. The molecule has 1 aliphatic heterocycles. The summed E-state index contributed by atoms with van der Waals surface area (Å²) < 4.78 is 39.1. The number of hydrogen-bond acceptors (Lipinski definition) is 5. The minimum absolute atomic E-state index is 0.142. The molecule has 1 heterocycles. The molecule has 3 aromatic carbocycles.